The summed E-state index contributed by atoms with van der Waals surface area (Å²) in [7, 11) is 2.14. The minimum absolute atomic E-state index is 0.0715. The topological polar surface area (TPSA) is 69.9 Å². The minimum atomic E-state index is -0.352. The van der Waals surface area contributed by atoms with Crippen molar-refractivity contribution in [2.75, 3.05) is 52.9 Å². The normalized spacial score (nSPS) is 26.1. The molecule has 0 aromatic heterocycles. The number of likely N-dealkylation sites (tertiary alicyclic amines) is 1. The fraction of sp³-hybridized carbons (Fsp3) is 0.846. The van der Waals surface area contributed by atoms with E-state index >= 15 is 0 Å². The molecule has 6 nitrogen and oxygen atoms in total. The highest BCUT2D eigenvalue weighted by Gasteiger charge is 2.32. The molecule has 2 aliphatic rings. The highest BCUT2D eigenvalue weighted by atomic mass is 16.2. The third-order valence-corrected chi connectivity index (χ3v) is 4.12. The maximum Gasteiger partial charge on any atom is 0.223 e. The van der Waals surface area contributed by atoms with E-state index in [0.29, 0.717) is 13.0 Å². The lowest BCUT2D eigenvalue weighted by Gasteiger charge is -2.32. The predicted octanol–water partition coefficient (Wildman–Crippen LogP) is -1.04. The molecule has 1 atom stereocenters. The van der Waals surface area contributed by atoms with Crippen molar-refractivity contribution in [1.82, 2.24) is 14.7 Å². The standard InChI is InChI=1S/C13H24N4O2/c1-15-5-7-16(8-6-15)3-2-4-17-10-11(13(14)19)9-12(17)18/h11H,2-10H2,1H3,(H2,14,19). The van der Waals surface area contributed by atoms with Crippen LogP contribution in [-0.4, -0.2) is 79.4 Å². The lowest BCUT2D eigenvalue weighted by molar-refractivity contribution is -0.128. The first kappa shape index (κ1) is 14.3. The molecule has 0 aromatic rings. The Hall–Kier alpha value is -1.14. The SMILES string of the molecule is CN1CCN(CCCN2CC(C(N)=O)CC2=O)CC1. The molecule has 6 heteroatoms. The van der Waals surface area contributed by atoms with Crippen LogP contribution in [0.4, 0.5) is 0 Å². The first-order chi connectivity index (χ1) is 9.06. The molecule has 2 saturated heterocycles. The number of nitrogens with two attached hydrogens (primary N) is 1. The maximum absolute atomic E-state index is 11.7. The van der Waals surface area contributed by atoms with Crippen molar-refractivity contribution in [3.05, 3.63) is 0 Å². The van der Waals surface area contributed by atoms with E-state index < -0.39 is 0 Å². The Balaban J connectivity index is 1.66. The molecule has 0 saturated carbocycles. The molecule has 0 bridgehead atoms. The van der Waals surface area contributed by atoms with Gasteiger partial charge in [0.1, 0.15) is 0 Å². The summed E-state index contributed by atoms with van der Waals surface area (Å²) in [5.74, 6) is -0.562. The molecule has 19 heavy (non-hydrogen) atoms. The number of carbonyl (C=O) groups excluding carboxylic acids is 2. The van der Waals surface area contributed by atoms with Crippen molar-refractivity contribution < 1.29 is 9.59 Å². The molecule has 0 radical (unpaired) electrons. The van der Waals surface area contributed by atoms with Gasteiger partial charge in [0, 0.05) is 45.7 Å². The molecule has 2 aliphatic heterocycles. The number of nitrogens with zero attached hydrogens (tertiary/aromatic N) is 3. The van der Waals surface area contributed by atoms with E-state index in [4.69, 9.17) is 5.73 Å². The van der Waals surface area contributed by atoms with Crippen LogP contribution in [0.2, 0.25) is 0 Å². The van der Waals surface area contributed by atoms with E-state index in [2.05, 4.69) is 16.8 Å². The summed E-state index contributed by atoms with van der Waals surface area (Å²) in [4.78, 5) is 29.3. The van der Waals surface area contributed by atoms with Gasteiger partial charge in [0.05, 0.1) is 5.92 Å². The fourth-order valence-corrected chi connectivity index (χ4v) is 2.74. The van der Waals surface area contributed by atoms with Crippen molar-refractivity contribution in [3.8, 4) is 0 Å². The van der Waals surface area contributed by atoms with Crippen molar-refractivity contribution >= 4 is 11.8 Å². The van der Waals surface area contributed by atoms with Crippen LogP contribution in [0, 0.1) is 5.92 Å². The third kappa shape index (κ3) is 3.91. The smallest absolute Gasteiger partial charge is 0.223 e. The zero-order valence-corrected chi connectivity index (χ0v) is 11.7. The first-order valence-electron chi connectivity index (χ1n) is 7.04. The van der Waals surface area contributed by atoms with Crippen LogP contribution in [-0.2, 0) is 9.59 Å². The van der Waals surface area contributed by atoms with E-state index in [0.717, 1.165) is 45.7 Å². The second-order valence-electron chi connectivity index (χ2n) is 5.64. The first-order valence-corrected chi connectivity index (χ1v) is 7.04. The number of rotatable bonds is 5. The van der Waals surface area contributed by atoms with Crippen LogP contribution in [0.5, 0.6) is 0 Å². The van der Waals surface area contributed by atoms with E-state index in [1.54, 1.807) is 4.90 Å². The van der Waals surface area contributed by atoms with Gasteiger partial charge in [-0.25, -0.2) is 0 Å². The van der Waals surface area contributed by atoms with E-state index in [9.17, 15) is 9.59 Å². The number of likely N-dealkylation sites (N-methyl/N-ethyl adjacent to an activating group) is 1. The number of primary amides is 1. The largest absolute Gasteiger partial charge is 0.369 e. The van der Waals surface area contributed by atoms with Gasteiger partial charge in [0.25, 0.3) is 0 Å². The number of piperazine rings is 1. The number of hydrogen-bond acceptors (Lipinski definition) is 4. The molecular formula is C13H24N4O2. The minimum Gasteiger partial charge on any atom is -0.369 e. The van der Waals surface area contributed by atoms with Crippen LogP contribution in [0.15, 0.2) is 0 Å². The van der Waals surface area contributed by atoms with Gasteiger partial charge in [-0.15, -0.1) is 0 Å². The average Bonchev–Trinajstić information content (AvgIpc) is 2.74. The number of hydrogen-bond donors (Lipinski definition) is 1. The van der Waals surface area contributed by atoms with E-state index in [-0.39, 0.29) is 17.7 Å². The van der Waals surface area contributed by atoms with Crippen LogP contribution in [0.1, 0.15) is 12.8 Å². The summed E-state index contributed by atoms with van der Waals surface area (Å²) >= 11 is 0. The molecule has 1 unspecified atom stereocenters. The second kappa shape index (κ2) is 6.34. The third-order valence-electron chi connectivity index (χ3n) is 4.12. The van der Waals surface area contributed by atoms with Crippen LogP contribution in [0.3, 0.4) is 0 Å². The van der Waals surface area contributed by atoms with Gasteiger partial charge < -0.3 is 20.4 Å². The molecule has 2 N–H and O–H groups in total. The quantitative estimate of drug-likeness (QED) is 0.691. The Bertz CT molecular complexity index is 340. The highest BCUT2D eigenvalue weighted by Crippen LogP contribution is 2.17. The summed E-state index contributed by atoms with van der Waals surface area (Å²) in [5.41, 5.74) is 5.25. The number of amides is 2. The van der Waals surface area contributed by atoms with Gasteiger partial charge in [-0.1, -0.05) is 0 Å². The monoisotopic (exact) mass is 268 g/mol. The molecule has 0 aromatic carbocycles. The predicted molar refractivity (Wildman–Crippen MR) is 72.4 cm³/mol. The summed E-state index contributed by atoms with van der Waals surface area (Å²) < 4.78 is 0. The molecule has 108 valence electrons. The van der Waals surface area contributed by atoms with Gasteiger partial charge in [-0.2, -0.15) is 0 Å². The van der Waals surface area contributed by atoms with Crippen LogP contribution >= 0.6 is 0 Å². The second-order valence-corrected chi connectivity index (χ2v) is 5.64. The highest BCUT2D eigenvalue weighted by molar-refractivity contribution is 5.88. The van der Waals surface area contributed by atoms with E-state index in [1.807, 2.05) is 0 Å². The zero-order valence-electron chi connectivity index (χ0n) is 11.7. The van der Waals surface area contributed by atoms with Crippen molar-refractivity contribution in [2.45, 2.75) is 12.8 Å². The lowest BCUT2D eigenvalue weighted by atomic mass is 10.1. The summed E-state index contributed by atoms with van der Waals surface area (Å²) in [6.45, 7) is 6.73. The maximum atomic E-state index is 11.7. The molecule has 2 amide bonds. The average molecular weight is 268 g/mol. The Kier molecular flexibility index (Phi) is 4.76. The van der Waals surface area contributed by atoms with Crippen molar-refractivity contribution in [1.29, 1.82) is 0 Å². The van der Waals surface area contributed by atoms with Crippen molar-refractivity contribution in [2.24, 2.45) is 11.7 Å². The molecule has 2 rings (SSSR count). The van der Waals surface area contributed by atoms with Crippen LogP contribution < -0.4 is 5.73 Å². The molecule has 0 spiro atoms. The molecule has 2 heterocycles. The van der Waals surface area contributed by atoms with Crippen LogP contribution in [0.25, 0.3) is 0 Å². The van der Waals surface area contributed by atoms with Gasteiger partial charge in [0.2, 0.25) is 11.8 Å². The Morgan fingerprint density at radius 2 is 1.95 bits per heavy atom. The van der Waals surface area contributed by atoms with E-state index in [1.165, 1.54) is 0 Å². The van der Waals surface area contributed by atoms with Gasteiger partial charge >= 0.3 is 0 Å². The summed E-state index contributed by atoms with van der Waals surface area (Å²) in [6.07, 6.45) is 1.27. The van der Waals surface area contributed by atoms with Gasteiger partial charge in [-0.05, 0) is 20.0 Å². The Labute approximate surface area is 114 Å². The van der Waals surface area contributed by atoms with Gasteiger partial charge in [0.15, 0.2) is 0 Å². The Morgan fingerprint density at radius 1 is 1.26 bits per heavy atom. The number of carbonyl (C=O) groups is 2. The molecule has 2 fully saturated rings. The molecular weight excluding hydrogens is 244 g/mol. The summed E-state index contributed by atoms with van der Waals surface area (Å²) in [5, 5.41) is 0. The molecule has 0 aliphatic carbocycles. The summed E-state index contributed by atoms with van der Waals surface area (Å²) in [6, 6.07) is 0. The Morgan fingerprint density at radius 3 is 2.53 bits per heavy atom. The fourth-order valence-electron chi connectivity index (χ4n) is 2.74. The zero-order chi connectivity index (χ0) is 13.8. The lowest BCUT2D eigenvalue weighted by Crippen LogP contribution is -2.45. The van der Waals surface area contributed by atoms with Gasteiger partial charge in [-0.3, -0.25) is 9.59 Å². The van der Waals surface area contributed by atoms with Crippen molar-refractivity contribution in [3.63, 3.8) is 0 Å².